The van der Waals surface area contributed by atoms with E-state index in [4.69, 9.17) is 14.0 Å². The molecule has 0 radical (unpaired) electrons. The van der Waals surface area contributed by atoms with Gasteiger partial charge in [-0.05, 0) is 57.0 Å². The molecule has 1 saturated carbocycles. The van der Waals surface area contributed by atoms with Gasteiger partial charge in [0.05, 0.1) is 20.8 Å². The van der Waals surface area contributed by atoms with E-state index in [0.717, 1.165) is 44.3 Å². The Morgan fingerprint density at radius 1 is 1.09 bits per heavy atom. The molecule has 1 aliphatic heterocycles. The number of methoxy groups -OCH3 is 2. The number of carbonyl (C=O) groups is 1. The van der Waals surface area contributed by atoms with Gasteiger partial charge in [0, 0.05) is 24.6 Å². The maximum atomic E-state index is 13.0. The quantitative estimate of drug-likeness (QED) is 0.646. The lowest BCUT2D eigenvalue weighted by molar-refractivity contribution is -0.138. The largest absolute Gasteiger partial charge is 0.493 e. The van der Waals surface area contributed by atoms with Crippen molar-refractivity contribution >= 4 is 5.91 Å². The number of carbonyl (C=O) groups excluding carboxylic acids is 1. The second-order valence-corrected chi connectivity index (χ2v) is 8.87. The van der Waals surface area contributed by atoms with Crippen molar-refractivity contribution in [1.82, 2.24) is 19.9 Å². The van der Waals surface area contributed by atoms with E-state index in [1.54, 1.807) is 14.2 Å². The normalized spacial score (nSPS) is 18.5. The van der Waals surface area contributed by atoms with Crippen LogP contribution in [0, 0.1) is 5.92 Å². The van der Waals surface area contributed by atoms with Crippen molar-refractivity contribution in [3.63, 3.8) is 0 Å². The molecule has 1 amide bonds. The summed E-state index contributed by atoms with van der Waals surface area (Å²) in [5, 5.41) is 4.13. The zero-order chi connectivity index (χ0) is 22.5. The molecule has 0 spiro atoms. The highest BCUT2D eigenvalue weighted by Crippen LogP contribution is 2.31. The second kappa shape index (κ2) is 10.3. The van der Waals surface area contributed by atoms with E-state index < -0.39 is 0 Å². The average Bonchev–Trinajstić information content (AvgIpc) is 3.32. The van der Waals surface area contributed by atoms with E-state index in [9.17, 15) is 4.79 Å². The molecule has 4 rings (SSSR count). The van der Waals surface area contributed by atoms with Crippen LogP contribution in [-0.4, -0.2) is 66.2 Å². The number of amides is 1. The van der Waals surface area contributed by atoms with E-state index in [1.165, 1.54) is 19.3 Å². The number of piperidine rings is 1. The van der Waals surface area contributed by atoms with Gasteiger partial charge < -0.3 is 18.9 Å². The van der Waals surface area contributed by atoms with Gasteiger partial charge in [0.1, 0.15) is 0 Å². The Labute approximate surface area is 189 Å². The van der Waals surface area contributed by atoms with Crippen LogP contribution in [-0.2, 0) is 11.3 Å². The lowest BCUT2D eigenvalue weighted by Gasteiger charge is -2.36. The summed E-state index contributed by atoms with van der Waals surface area (Å²) in [7, 11) is 5.21. The smallest absolute Gasteiger partial charge is 0.241 e. The minimum absolute atomic E-state index is 0.128. The number of hydrogen-bond donors (Lipinski definition) is 0. The van der Waals surface area contributed by atoms with Gasteiger partial charge in [0.2, 0.25) is 17.6 Å². The molecule has 8 nitrogen and oxygen atoms in total. The molecule has 2 heterocycles. The third-order valence-electron chi connectivity index (χ3n) is 6.88. The van der Waals surface area contributed by atoms with Crippen LogP contribution in [0.15, 0.2) is 22.7 Å². The van der Waals surface area contributed by atoms with Crippen molar-refractivity contribution in [2.45, 2.75) is 57.5 Å². The molecule has 0 atom stereocenters. The Kier molecular flexibility index (Phi) is 7.29. The number of nitrogens with zero attached hydrogens (tertiary/aromatic N) is 4. The lowest BCUT2D eigenvalue weighted by Crippen LogP contribution is -2.45. The SMILES string of the molecule is COc1ccc(-c2noc(CN3CCC(C(=O)N(C)C4CCCCC4)CC3)n2)cc1OC. The predicted molar refractivity (Wildman–Crippen MR) is 120 cm³/mol. The van der Waals surface area contributed by atoms with Gasteiger partial charge in [0.25, 0.3) is 0 Å². The van der Waals surface area contributed by atoms with Gasteiger partial charge in [-0.3, -0.25) is 9.69 Å². The standard InChI is InChI=1S/C24H34N4O4/c1-27(19-7-5-4-6-8-19)24(29)17-11-13-28(14-12-17)16-22-25-23(26-32-22)18-9-10-20(30-2)21(15-18)31-3/h9-10,15,17,19H,4-8,11-14,16H2,1-3H3. The highest BCUT2D eigenvalue weighted by molar-refractivity contribution is 5.79. The third kappa shape index (κ3) is 5.06. The van der Waals surface area contributed by atoms with E-state index in [1.807, 2.05) is 30.1 Å². The topological polar surface area (TPSA) is 80.9 Å². The molecule has 2 aromatic rings. The minimum Gasteiger partial charge on any atom is -0.493 e. The fourth-order valence-electron chi connectivity index (χ4n) is 4.88. The van der Waals surface area contributed by atoms with Crippen LogP contribution >= 0.6 is 0 Å². The highest BCUT2D eigenvalue weighted by atomic mass is 16.5. The van der Waals surface area contributed by atoms with Crippen LogP contribution < -0.4 is 9.47 Å². The Balaban J connectivity index is 1.30. The molecule has 0 unspecified atom stereocenters. The zero-order valence-corrected chi connectivity index (χ0v) is 19.4. The van der Waals surface area contributed by atoms with Crippen LogP contribution in [0.3, 0.4) is 0 Å². The van der Waals surface area contributed by atoms with Crippen LogP contribution in [0.1, 0.15) is 50.8 Å². The van der Waals surface area contributed by atoms with Crippen molar-refractivity contribution in [2.75, 3.05) is 34.4 Å². The fourth-order valence-corrected chi connectivity index (χ4v) is 4.88. The van der Waals surface area contributed by atoms with Crippen molar-refractivity contribution < 1.29 is 18.8 Å². The molecule has 1 aliphatic carbocycles. The number of hydrogen-bond acceptors (Lipinski definition) is 7. The van der Waals surface area contributed by atoms with Crippen LogP contribution in [0.4, 0.5) is 0 Å². The van der Waals surface area contributed by atoms with E-state index in [0.29, 0.717) is 41.7 Å². The summed E-state index contributed by atoms with van der Waals surface area (Å²) in [6.07, 6.45) is 7.87. The highest BCUT2D eigenvalue weighted by Gasteiger charge is 2.31. The summed E-state index contributed by atoms with van der Waals surface area (Å²) < 4.78 is 16.1. The molecular formula is C24H34N4O4. The van der Waals surface area contributed by atoms with Gasteiger partial charge in [-0.15, -0.1) is 0 Å². The van der Waals surface area contributed by atoms with Gasteiger partial charge >= 0.3 is 0 Å². The lowest BCUT2D eigenvalue weighted by atomic mass is 9.91. The summed E-state index contributed by atoms with van der Waals surface area (Å²) in [6, 6.07) is 5.99. The monoisotopic (exact) mass is 442 g/mol. The molecule has 1 saturated heterocycles. The Hall–Kier alpha value is -2.61. The zero-order valence-electron chi connectivity index (χ0n) is 19.4. The molecule has 0 bridgehead atoms. The van der Waals surface area contributed by atoms with Crippen LogP contribution in [0.5, 0.6) is 11.5 Å². The summed E-state index contributed by atoms with van der Waals surface area (Å²) in [6.45, 7) is 2.33. The molecule has 32 heavy (non-hydrogen) atoms. The molecule has 2 aliphatic rings. The number of rotatable bonds is 7. The summed E-state index contributed by atoms with van der Waals surface area (Å²) in [5.41, 5.74) is 0.813. The maximum Gasteiger partial charge on any atom is 0.241 e. The van der Waals surface area contributed by atoms with E-state index in [-0.39, 0.29) is 5.92 Å². The minimum atomic E-state index is 0.128. The van der Waals surface area contributed by atoms with Crippen LogP contribution in [0.2, 0.25) is 0 Å². The first-order valence-electron chi connectivity index (χ1n) is 11.6. The van der Waals surface area contributed by atoms with Gasteiger partial charge in [-0.2, -0.15) is 4.98 Å². The number of likely N-dealkylation sites (tertiary alicyclic amines) is 1. The maximum absolute atomic E-state index is 13.0. The van der Waals surface area contributed by atoms with E-state index >= 15 is 0 Å². The Morgan fingerprint density at radius 3 is 2.50 bits per heavy atom. The molecule has 1 aromatic heterocycles. The Morgan fingerprint density at radius 2 is 1.81 bits per heavy atom. The molecule has 1 aromatic carbocycles. The summed E-state index contributed by atoms with van der Waals surface area (Å²) in [5.74, 6) is 2.85. The Bertz CT molecular complexity index is 901. The second-order valence-electron chi connectivity index (χ2n) is 8.87. The number of benzene rings is 1. The molecule has 8 heteroatoms. The van der Waals surface area contributed by atoms with Gasteiger partial charge in [-0.25, -0.2) is 0 Å². The molecule has 174 valence electrons. The van der Waals surface area contributed by atoms with Crippen molar-refractivity contribution in [2.24, 2.45) is 5.92 Å². The first kappa shape index (κ1) is 22.6. The predicted octanol–water partition coefficient (Wildman–Crippen LogP) is 3.76. The number of aromatic nitrogens is 2. The van der Waals surface area contributed by atoms with Gasteiger partial charge in [-0.1, -0.05) is 24.4 Å². The summed E-state index contributed by atoms with van der Waals surface area (Å²) in [4.78, 5) is 21.8. The third-order valence-corrected chi connectivity index (χ3v) is 6.88. The molecule has 0 N–H and O–H groups in total. The van der Waals surface area contributed by atoms with Crippen molar-refractivity contribution in [3.05, 3.63) is 24.1 Å². The first-order valence-corrected chi connectivity index (χ1v) is 11.6. The summed E-state index contributed by atoms with van der Waals surface area (Å²) >= 11 is 0. The number of ether oxygens (including phenoxy) is 2. The van der Waals surface area contributed by atoms with Crippen molar-refractivity contribution in [3.8, 4) is 22.9 Å². The molecular weight excluding hydrogens is 408 g/mol. The first-order chi connectivity index (χ1) is 15.6. The average molecular weight is 443 g/mol. The van der Waals surface area contributed by atoms with Crippen LogP contribution in [0.25, 0.3) is 11.4 Å². The fraction of sp³-hybridized carbons (Fsp3) is 0.625. The van der Waals surface area contributed by atoms with Gasteiger partial charge in [0.15, 0.2) is 11.5 Å². The molecule has 2 fully saturated rings. The van der Waals surface area contributed by atoms with E-state index in [2.05, 4.69) is 15.0 Å². The van der Waals surface area contributed by atoms with Crippen molar-refractivity contribution in [1.29, 1.82) is 0 Å².